The maximum Gasteiger partial charge on any atom is -0.00262 e. The Kier molecular flexibility index (Phi) is 5.87. The van der Waals surface area contributed by atoms with Crippen LogP contribution in [0.1, 0.15) is 31.7 Å². The molecule has 6 rings (SSSR count). The summed E-state index contributed by atoms with van der Waals surface area (Å²) in [4.78, 5) is 0. The first-order chi connectivity index (χ1) is 17.7. The number of benzene rings is 6. The highest BCUT2D eigenvalue weighted by Crippen LogP contribution is 2.44. The molecule has 1 atom stereocenters. The average molecular weight is 463 g/mol. The van der Waals surface area contributed by atoms with E-state index in [1.165, 1.54) is 60.5 Å². The highest BCUT2D eigenvalue weighted by molar-refractivity contribution is 6.21. The first-order valence-corrected chi connectivity index (χ1v) is 12.9. The van der Waals surface area contributed by atoms with Crippen LogP contribution in [0.15, 0.2) is 127 Å². The minimum atomic E-state index is 0.571. The highest BCUT2D eigenvalue weighted by atomic mass is 14.2. The lowest BCUT2D eigenvalue weighted by Crippen LogP contribution is -1.93. The number of hydrogen-bond donors (Lipinski definition) is 0. The van der Waals surface area contributed by atoms with Crippen molar-refractivity contribution in [1.82, 2.24) is 0 Å². The lowest BCUT2D eigenvalue weighted by Gasteiger charge is -2.19. The monoisotopic (exact) mass is 462 g/mol. The van der Waals surface area contributed by atoms with Gasteiger partial charge in [0.15, 0.2) is 0 Å². The van der Waals surface area contributed by atoms with Crippen molar-refractivity contribution >= 4 is 21.5 Å². The van der Waals surface area contributed by atoms with Gasteiger partial charge in [-0.15, -0.1) is 0 Å². The predicted molar refractivity (Wildman–Crippen MR) is 156 cm³/mol. The maximum absolute atomic E-state index is 2.39. The second-order valence-corrected chi connectivity index (χ2v) is 9.72. The summed E-state index contributed by atoms with van der Waals surface area (Å²) >= 11 is 0. The smallest absolute Gasteiger partial charge is 0.00262 e. The van der Waals surface area contributed by atoms with Gasteiger partial charge >= 0.3 is 0 Å². The summed E-state index contributed by atoms with van der Waals surface area (Å²) in [6.45, 7) is 4.56. The first-order valence-electron chi connectivity index (χ1n) is 12.9. The van der Waals surface area contributed by atoms with Crippen LogP contribution in [0.25, 0.3) is 54.9 Å². The van der Waals surface area contributed by atoms with Crippen molar-refractivity contribution in [2.24, 2.45) is 0 Å². The van der Waals surface area contributed by atoms with Gasteiger partial charge in [0.05, 0.1) is 0 Å². The molecule has 0 saturated carbocycles. The number of rotatable bonds is 5. The largest absolute Gasteiger partial charge is 0.0648 e. The Morgan fingerprint density at radius 3 is 1.53 bits per heavy atom. The summed E-state index contributed by atoms with van der Waals surface area (Å²) in [5.41, 5.74) is 9.04. The molecule has 0 aromatic heterocycles. The van der Waals surface area contributed by atoms with Crippen LogP contribution >= 0.6 is 0 Å². The van der Waals surface area contributed by atoms with Gasteiger partial charge in [-0.2, -0.15) is 0 Å². The Hall–Kier alpha value is -4.16. The second kappa shape index (κ2) is 9.47. The van der Waals surface area contributed by atoms with Crippen LogP contribution in [-0.4, -0.2) is 0 Å². The molecule has 0 aliphatic carbocycles. The van der Waals surface area contributed by atoms with Crippen LogP contribution in [0.5, 0.6) is 0 Å². The third kappa shape index (κ3) is 3.89. The van der Waals surface area contributed by atoms with Crippen molar-refractivity contribution < 1.29 is 0 Å². The fourth-order valence-corrected chi connectivity index (χ4v) is 5.43. The first kappa shape index (κ1) is 22.3. The molecule has 0 radical (unpaired) electrons. The Labute approximate surface area is 213 Å². The molecule has 0 heteroatoms. The highest BCUT2D eigenvalue weighted by Gasteiger charge is 2.17. The van der Waals surface area contributed by atoms with Gasteiger partial charge in [0.25, 0.3) is 0 Å². The van der Waals surface area contributed by atoms with Crippen LogP contribution < -0.4 is 0 Å². The van der Waals surface area contributed by atoms with Crippen molar-refractivity contribution in [3.8, 4) is 33.4 Å². The van der Waals surface area contributed by atoms with Gasteiger partial charge in [-0.25, -0.2) is 0 Å². The van der Waals surface area contributed by atoms with E-state index in [0.29, 0.717) is 5.92 Å². The van der Waals surface area contributed by atoms with E-state index in [2.05, 4.69) is 141 Å². The van der Waals surface area contributed by atoms with Gasteiger partial charge in [-0.05, 0) is 78.9 Å². The van der Waals surface area contributed by atoms with Crippen LogP contribution in [0.4, 0.5) is 0 Å². The molecule has 1 unspecified atom stereocenters. The summed E-state index contributed by atoms with van der Waals surface area (Å²) in [5, 5.41) is 5.18. The summed E-state index contributed by atoms with van der Waals surface area (Å²) in [6.07, 6.45) is 1.15. The maximum atomic E-state index is 2.39. The minimum absolute atomic E-state index is 0.571. The number of fused-ring (bicyclic) bond motifs is 2. The zero-order valence-corrected chi connectivity index (χ0v) is 20.9. The van der Waals surface area contributed by atoms with E-state index < -0.39 is 0 Å². The molecule has 174 valence electrons. The lowest BCUT2D eigenvalue weighted by atomic mass is 9.84. The summed E-state index contributed by atoms with van der Waals surface area (Å²) in [7, 11) is 0. The van der Waals surface area contributed by atoms with Gasteiger partial charge in [-0.1, -0.05) is 135 Å². The second-order valence-electron chi connectivity index (χ2n) is 9.72. The SMILES string of the molecule is CCC(C)c1ccc(-c2c3ccccc3c(-c3ccccc3)c3cc(-c4ccccc4)ccc23)cc1. The summed E-state index contributed by atoms with van der Waals surface area (Å²) < 4.78 is 0. The molecular weight excluding hydrogens is 432 g/mol. The molecule has 0 saturated heterocycles. The van der Waals surface area contributed by atoms with Gasteiger partial charge in [-0.3, -0.25) is 0 Å². The molecule has 0 aliphatic heterocycles. The minimum Gasteiger partial charge on any atom is -0.0648 e. The normalized spacial score (nSPS) is 12.2. The zero-order valence-electron chi connectivity index (χ0n) is 20.9. The van der Waals surface area contributed by atoms with E-state index in [9.17, 15) is 0 Å². The average Bonchev–Trinajstić information content (AvgIpc) is 2.96. The van der Waals surface area contributed by atoms with E-state index in [-0.39, 0.29) is 0 Å². The quantitative estimate of drug-likeness (QED) is 0.223. The Balaban J connectivity index is 1.71. The molecule has 0 nitrogen and oxygen atoms in total. The van der Waals surface area contributed by atoms with E-state index in [1.54, 1.807) is 0 Å². The van der Waals surface area contributed by atoms with Gasteiger partial charge < -0.3 is 0 Å². The van der Waals surface area contributed by atoms with Crippen molar-refractivity contribution in [3.05, 3.63) is 133 Å². The van der Waals surface area contributed by atoms with Crippen molar-refractivity contribution in [2.75, 3.05) is 0 Å². The molecule has 0 amide bonds. The van der Waals surface area contributed by atoms with E-state index >= 15 is 0 Å². The van der Waals surface area contributed by atoms with Crippen molar-refractivity contribution in [2.45, 2.75) is 26.2 Å². The van der Waals surface area contributed by atoms with E-state index in [4.69, 9.17) is 0 Å². The topological polar surface area (TPSA) is 0 Å². The molecule has 0 spiro atoms. The zero-order chi connectivity index (χ0) is 24.5. The van der Waals surface area contributed by atoms with Crippen LogP contribution in [0, 0.1) is 0 Å². The standard InChI is InChI=1S/C36H30/c1-3-25(2)26-18-20-29(21-19-26)35-31-16-10-11-17-32(31)36(28-14-8-5-9-15-28)34-24-30(22-23-33(34)35)27-12-6-4-7-13-27/h4-25H,3H2,1-2H3. The van der Waals surface area contributed by atoms with Crippen LogP contribution in [0.2, 0.25) is 0 Å². The lowest BCUT2D eigenvalue weighted by molar-refractivity contribution is 0.734. The number of hydrogen-bond acceptors (Lipinski definition) is 0. The van der Waals surface area contributed by atoms with E-state index in [0.717, 1.165) is 6.42 Å². The van der Waals surface area contributed by atoms with Crippen molar-refractivity contribution in [3.63, 3.8) is 0 Å². The molecular formula is C36H30. The molecule has 6 aromatic rings. The Morgan fingerprint density at radius 2 is 0.917 bits per heavy atom. The summed E-state index contributed by atoms with van der Waals surface area (Å²) in [6, 6.07) is 46.7. The Morgan fingerprint density at radius 1 is 0.444 bits per heavy atom. The molecule has 36 heavy (non-hydrogen) atoms. The molecule has 0 bridgehead atoms. The van der Waals surface area contributed by atoms with Crippen LogP contribution in [0.3, 0.4) is 0 Å². The van der Waals surface area contributed by atoms with Gasteiger partial charge in [0.1, 0.15) is 0 Å². The van der Waals surface area contributed by atoms with Gasteiger partial charge in [0.2, 0.25) is 0 Å². The summed E-state index contributed by atoms with van der Waals surface area (Å²) in [5.74, 6) is 0.571. The molecule has 0 heterocycles. The third-order valence-electron chi connectivity index (χ3n) is 7.57. The predicted octanol–water partition coefficient (Wildman–Crippen LogP) is 10.5. The van der Waals surface area contributed by atoms with Gasteiger partial charge in [0, 0.05) is 0 Å². The fourth-order valence-electron chi connectivity index (χ4n) is 5.43. The molecule has 0 fully saturated rings. The molecule has 6 aromatic carbocycles. The fraction of sp³-hybridized carbons (Fsp3) is 0.111. The van der Waals surface area contributed by atoms with Crippen molar-refractivity contribution in [1.29, 1.82) is 0 Å². The van der Waals surface area contributed by atoms with Crippen LogP contribution in [-0.2, 0) is 0 Å². The molecule has 0 N–H and O–H groups in total. The third-order valence-corrected chi connectivity index (χ3v) is 7.57. The van der Waals surface area contributed by atoms with E-state index in [1.807, 2.05) is 0 Å². The molecule has 0 aliphatic rings. The Bertz CT molecular complexity index is 1640.